The van der Waals surface area contributed by atoms with Crippen molar-refractivity contribution < 1.29 is 14.4 Å². The van der Waals surface area contributed by atoms with Crippen molar-refractivity contribution >= 4 is 23.1 Å². The van der Waals surface area contributed by atoms with Crippen LogP contribution in [0.4, 0.5) is 11.4 Å². The Kier molecular flexibility index (Phi) is 6.05. The Bertz CT molecular complexity index is 518. The van der Waals surface area contributed by atoms with Gasteiger partial charge in [-0.1, -0.05) is 0 Å². The number of hydrogen-bond donors (Lipinski definition) is 1. The number of benzene rings is 1. The molecule has 1 aliphatic rings. The molecule has 1 aromatic carbocycles. The molecule has 1 aliphatic heterocycles. The summed E-state index contributed by atoms with van der Waals surface area (Å²) in [5.74, 6) is 0. The van der Waals surface area contributed by atoms with Gasteiger partial charge in [0.15, 0.2) is 0 Å². The summed E-state index contributed by atoms with van der Waals surface area (Å²) in [7, 11) is 1.59. The molecule has 1 fully saturated rings. The molecule has 0 radical (unpaired) electrons. The summed E-state index contributed by atoms with van der Waals surface area (Å²) in [6.07, 6.45) is 4.14. The van der Waals surface area contributed by atoms with Gasteiger partial charge in [-0.3, -0.25) is 10.1 Å². The summed E-state index contributed by atoms with van der Waals surface area (Å²) in [6, 6.07) is 4.86. The van der Waals surface area contributed by atoms with Crippen molar-refractivity contribution in [3.63, 3.8) is 0 Å². The van der Waals surface area contributed by atoms with Crippen molar-refractivity contribution in [1.82, 2.24) is 0 Å². The molecule has 6 nitrogen and oxygen atoms in total. The summed E-state index contributed by atoms with van der Waals surface area (Å²) in [5.41, 5.74) is 1.79. The molecule has 22 heavy (non-hydrogen) atoms. The zero-order chi connectivity index (χ0) is 16.0. The largest absolute Gasteiger partial charge is 0.383 e. The number of methoxy groups -OCH3 is 1. The number of ether oxygens (including phenoxy) is 2. The van der Waals surface area contributed by atoms with Crippen LogP contribution in [0, 0.1) is 10.1 Å². The predicted molar refractivity (Wildman–Crippen MR) is 88.6 cm³/mol. The number of nitro benzene ring substituents is 1. The molecular formula is C15H22N2O4S. The molecule has 0 aromatic heterocycles. The minimum absolute atomic E-state index is 0.0863. The van der Waals surface area contributed by atoms with Crippen LogP contribution in [-0.4, -0.2) is 42.8 Å². The van der Waals surface area contributed by atoms with E-state index >= 15 is 0 Å². The van der Waals surface area contributed by atoms with Gasteiger partial charge in [-0.2, -0.15) is 11.8 Å². The molecule has 0 atom stereocenters. The van der Waals surface area contributed by atoms with E-state index in [0.29, 0.717) is 6.61 Å². The Morgan fingerprint density at radius 1 is 1.45 bits per heavy atom. The third kappa shape index (κ3) is 4.12. The summed E-state index contributed by atoms with van der Waals surface area (Å²) < 4.78 is 10.8. The van der Waals surface area contributed by atoms with Gasteiger partial charge in [0, 0.05) is 55.0 Å². The van der Waals surface area contributed by atoms with Gasteiger partial charge in [-0.15, -0.1) is 0 Å². The van der Waals surface area contributed by atoms with Crippen LogP contribution in [0.15, 0.2) is 18.2 Å². The normalized spacial score (nSPS) is 17.2. The molecule has 0 amide bonds. The minimum atomic E-state index is -0.384. The van der Waals surface area contributed by atoms with Gasteiger partial charge in [-0.05, 0) is 25.2 Å². The lowest BCUT2D eigenvalue weighted by molar-refractivity contribution is -0.384. The fourth-order valence-electron chi connectivity index (χ4n) is 2.59. The minimum Gasteiger partial charge on any atom is -0.383 e. The van der Waals surface area contributed by atoms with Crippen LogP contribution >= 0.6 is 11.8 Å². The highest BCUT2D eigenvalue weighted by molar-refractivity contribution is 8.00. The Morgan fingerprint density at radius 2 is 2.18 bits per heavy atom. The van der Waals surface area contributed by atoms with Crippen LogP contribution in [0.3, 0.4) is 0 Å². The quantitative estimate of drug-likeness (QED) is 0.613. The van der Waals surface area contributed by atoms with E-state index in [1.807, 2.05) is 11.8 Å². The number of non-ortho nitro benzene ring substituents is 1. The lowest BCUT2D eigenvalue weighted by Gasteiger charge is -2.36. The lowest BCUT2D eigenvalue weighted by Crippen LogP contribution is -2.39. The van der Waals surface area contributed by atoms with Gasteiger partial charge in [-0.25, -0.2) is 0 Å². The van der Waals surface area contributed by atoms with Crippen molar-refractivity contribution in [2.45, 2.75) is 24.2 Å². The number of thioether (sulfide) groups is 1. The van der Waals surface area contributed by atoms with Gasteiger partial charge >= 0.3 is 0 Å². The average molecular weight is 326 g/mol. The van der Waals surface area contributed by atoms with Crippen molar-refractivity contribution in [3.8, 4) is 0 Å². The number of nitrogens with zero attached hydrogens (tertiary/aromatic N) is 1. The first-order chi connectivity index (χ1) is 10.6. The molecule has 0 unspecified atom stereocenters. The number of rotatable bonds is 7. The highest BCUT2D eigenvalue weighted by atomic mass is 32.2. The summed E-state index contributed by atoms with van der Waals surface area (Å²) in [5, 5.41) is 14.3. The Labute approximate surface area is 134 Å². The first-order valence-electron chi connectivity index (χ1n) is 7.23. The van der Waals surface area contributed by atoms with E-state index in [0.717, 1.165) is 43.9 Å². The van der Waals surface area contributed by atoms with Crippen molar-refractivity contribution in [3.05, 3.63) is 33.9 Å². The number of nitro groups is 1. The zero-order valence-electron chi connectivity index (χ0n) is 13.0. The first-order valence-corrected chi connectivity index (χ1v) is 8.46. The van der Waals surface area contributed by atoms with E-state index in [9.17, 15) is 10.1 Å². The van der Waals surface area contributed by atoms with Crippen LogP contribution in [0.1, 0.15) is 18.4 Å². The maximum atomic E-state index is 10.9. The van der Waals surface area contributed by atoms with Gasteiger partial charge in [0.05, 0.1) is 11.5 Å². The summed E-state index contributed by atoms with van der Waals surface area (Å²) in [4.78, 5) is 10.5. The average Bonchev–Trinajstić information content (AvgIpc) is 2.54. The molecule has 0 bridgehead atoms. The molecule has 1 N–H and O–H groups in total. The Morgan fingerprint density at radius 3 is 2.77 bits per heavy atom. The van der Waals surface area contributed by atoms with Crippen LogP contribution in [0.5, 0.6) is 0 Å². The molecule has 122 valence electrons. The number of nitrogens with one attached hydrogen (secondary N) is 1. The summed E-state index contributed by atoms with van der Waals surface area (Å²) in [6.45, 7) is 2.73. The summed E-state index contributed by atoms with van der Waals surface area (Å²) >= 11 is 1.86. The number of anilines is 1. The van der Waals surface area contributed by atoms with Crippen LogP contribution in [0.2, 0.25) is 0 Å². The van der Waals surface area contributed by atoms with E-state index in [4.69, 9.17) is 9.47 Å². The van der Waals surface area contributed by atoms with Crippen LogP contribution in [0.25, 0.3) is 0 Å². The molecule has 1 saturated heterocycles. The fraction of sp³-hybridized carbons (Fsp3) is 0.600. The van der Waals surface area contributed by atoms with Crippen LogP contribution < -0.4 is 5.32 Å². The standard InChI is InChI=1S/C15H22N2O4S/c1-20-10-12-9-13(17(18)19)3-4-14(12)16-11-15(22-2)5-7-21-8-6-15/h3-4,9,16H,5-8,10-11H2,1-2H3. The molecule has 0 aliphatic carbocycles. The highest BCUT2D eigenvalue weighted by Gasteiger charge is 2.31. The molecule has 0 saturated carbocycles. The van der Waals surface area contributed by atoms with E-state index in [1.165, 1.54) is 6.07 Å². The van der Waals surface area contributed by atoms with Gasteiger partial charge in [0.1, 0.15) is 0 Å². The third-order valence-corrected chi connectivity index (χ3v) is 5.46. The molecule has 0 spiro atoms. The van der Waals surface area contributed by atoms with E-state index in [2.05, 4.69) is 11.6 Å². The SMILES string of the molecule is COCc1cc([N+](=O)[O-])ccc1NCC1(SC)CCOCC1. The molecule has 1 heterocycles. The van der Waals surface area contributed by atoms with Gasteiger partial charge < -0.3 is 14.8 Å². The Hall–Kier alpha value is -1.31. The second-order valence-electron chi connectivity index (χ2n) is 5.38. The molecule has 1 aromatic rings. The monoisotopic (exact) mass is 326 g/mol. The van der Waals surface area contributed by atoms with E-state index < -0.39 is 0 Å². The number of hydrogen-bond acceptors (Lipinski definition) is 6. The maximum absolute atomic E-state index is 10.9. The van der Waals surface area contributed by atoms with Crippen LogP contribution in [-0.2, 0) is 16.1 Å². The third-order valence-electron chi connectivity index (χ3n) is 4.04. The first kappa shape index (κ1) is 17.1. The topological polar surface area (TPSA) is 73.6 Å². The predicted octanol–water partition coefficient (Wildman–Crippen LogP) is 3.07. The molecular weight excluding hydrogens is 304 g/mol. The molecule has 7 heteroatoms. The van der Waals surface area contributed by atoms with E-state index in [-0.39, 0.29) is 15.4 Å². The Balaban J connectivity index is 2.12. The van der Waals surface area contributed by atoms with Crippen molar-refractivity contribution in [2.24, 2.45) is 0 Å². The van der Waals surface area contributed by atoms with E-state index in [1.54, 1.807) is 19.2 Å². The molecule has 2 rings (SSSR count). The second kappa shape index (κ2) is 7.80. The second-order valence-corrected chi connectivity index (χ2v) is 6.66. The van der Waals surface area contributed by atoms with Gasteiger partial charge in [0.2, 0.25) is 0 Å². The van der Waals surface area contributed by atoms with Gasteiger partial charge in [0.25, 0.3) is 5.69 Å². The fourth-order valence-corrected chi connectivity index (χ4v) is 3.39. The maximum Gasteiger partial charge on any atom is 0.269 e. The van der Waals surface area contributed by atoms with Crippen molar-refractivity contribution in [2.75, 3.05) is 38.4 Å². The zero-order valence-corrected chi connectivity index (χ0v) is 13.8. The lowest BCUT2D eigenvalue weighted by atomic mass is 9.98. The smallest absolute Gasteiger partial charge is 0.269 e. The highest BCUT2D eigenvalue weighted by Crippen LogP contribution is 2.34. The van der Waals surface area contributed by atoms with Crippen molar-refractivity contribution in [1.29, 1.82) is 0 Å².